The molecule has 8 heteroatoms. The van der Waals surface area contributed by atoms with Gasteiger partial charge in [0.25, 0.3) is 0 Å². The molecule has 0 saturated heterocycles. The average molecular weight is 281 g/mol. The van der Waals surface area contributed by atoms with Crippen LogP contribution in [0.3, 0.4) is 0 Å². The predicted octanol–water partition coefficient (Wildman–Crippen LogP) is 3.13. The lowest BCUT2D eigenvalue weighted by Gasteiger charge is -2.31. The summed E-state index contributed by atoms with van der Waals surface area (Å²) < 4.78 is 79.7. The summed E-state index contributed by atoms with van der Waals surface area (Å²) in [5.74, 6) is -3.35. The Hall–Kier alpha value is -0.500. The zero-order valence-corrected chi connectivity index (χ0v) is 10.2. The van der Waals surface area contributed by atoms with Gasteiger partial charge in [-0.15, -0.1) is 0 Å². The second kappa shape index (κ2) is 7.18. The molecule has 0 aromatic heterocycles. The van der Waals surface area contributed by atoms with E-state index in [9.17, 15) is 26.3 Å². The van der Waals surface area contributed by atoms with Gasteiger partial charge < -0.3 is 10.1 Å². The lowest BCUT2D eigenvalue weighted by Crippen LogP contribution is -2.51. The highest BCUT2D eigenvalue weighted by atomic mass is 19.4. The van der Waals surface area contributed by atoms with E-state index < -0.39 is 24.3 Å². The largest absolute Gasteiger partial charge is 0.401 e. The lowest BCUT2D eigenvalue weighted by molar-refractivity contribution is -0.292. The highest BCUT2D eigenvalue weighted by Gasteiger charge is 2.59. The second-order valence-electron chi connectivity index (χ2n) is 3.86. The van der Waals surface area contributed by atoms with Crippen LogP contribution in [0.5, 0.6) is 0 Å². The third kappa shape index (κ3) is 5.90. The van der Waals surface area contributed by atoms with Gasteiger partial charge in [0.05, 0.1) is 0 Å². The van der Waals surface area contributed by atoms with E-state index >= 15 is 0 Å². The van der Waals surface area contributed by atoms with Crippen molar-refractivity contribution in [2.75, 3.05) is 20.3 Å². The van der Waals surface area contributed by atoms with E-state index in [1.165, 1.54) is 14.0 Å². The zero-order chi connectivity index (χ0) is 14.4. The molecule has 110 valence electrons. The monoisotopic (exact) mass is 281 g/mol. The maximum absolute atomic E-state index is 12.5. The fraction of sp³-hybridized carbons (Fsp3) is 1.00. The van der Waals surface area contributed by atoms with E-state index in [1.54, 1.807) is 0 Å². The Balaban J connectivity index is 4.87. The molecule has 0 aromatic carbocycles. The third-order valence-electron chi connectivity index (χ3n) is 2.44. The Morgan fingerprint density at radius 2 is 1.56 bits per heavy atom. The summed E-state index contributed by atoms with van der Waals surface area (Å²) in [5, 5.41) is 2.26. The van der Waals surface area contributed by atoms with Crippen molar-refractivity contribution < 1.29 is 31.1 Å². The van der Waals surface area contributed by atoms with Crippen LogP contribution < -0.4 is 5.32 Å². The number of methoxy groups -OCH3 is 1. The van der Waals surface area contributed by atoms with Crippen LogP contribution in [0.1, 0.15) is 19.8 Å². The molecular formula is C10H17F6NO. The van der Waals surface area contributed by atoms with Gasteiger partial charge >= 0.3 is 12.4 Å². The van der Waals surface area contributed by atoms with Crippen molar-refractivity contribution in [1.82, 2.24) is 5.32 Å². The average Bonchev–Trinajstić information content (AvgIpc) is 2.13. The number of nitrogens with one attached hydrogen (secondary N) is 1. The minimum absolute atomic E-state index is 0.0420. The van der Waals surface area contributed by atoms with E-state index in [2.05, 4.69) is 10.1 Å². The van der Waals surface area contributed by atoms with Crippen LogP contribution >= 0.6 is 0 Å². The van der Waals surface area contributed by atoms with Gasteiger partial charge in [0.15, 0.2) is 5.92 Å². The van der Waals surface area contributed by atoms with Crippen molar-refractivity contribution in [3.05, 3.63) is 0 Å². The Morgan fingerprint density at radius 1 is 1.06 bits per heavy atom. The van der Waals surface area contributed by atoms with Crippen LogP contribution in [0.15, 0.2) is 0 Å². The molecule has 0 rings (SSSR count). The quantitative estimate of drug-likeness (QED) is 0.572. The first-order chi connectivity index (χ1) is 8.14. The molecule has 0 aliphatic heterocycles. The van der Waals surface area contributed by atoms with Gasteiger partial charge in [0, 0.05) is 19.8 Å². The minimum atomic E-state index is -5.31. The fourth-order valence-corrected chi connectivity index (χ4v) is 1.74. The van der Waals surface area contributed by atoms with Gasteiger partial charge in [-0.3, -0.25) is 0 Å². The third-order valence-corrected chi connectivity index (χ3v) is 2.44. The van der Waals surface area contributed by atoms with Crippen molar-refractivity contribution in [3.8, 4) is 0 Å². The molecule has 0 aliphatic rings. The fourth-order valence-electron chi connectivity index (χ4n) is 1.74. The van der Waals surface area contributed by atoms with Gasteiger partial charge in [0.2, 0.25) is 0 Å². The summed E-state index contributed by atoms with van der Waals surface area (Å²) in [7, 11) is 1.34. The highest BCUT2D eigenvalue weighted by Crippen LogP contribution is 2.42. The molecule has 1 N–H and O–H groups in total. The summed E-state index contributed by atoms with van der Waals surface area (Å²) in [6, 6.07) is -1.68. The van der Waals surface area contributed by atoms with Crippen LogP contribution in [-0.4, -0.2) is 38.7 Å². The Bertz CT molecular complexity index is 213. The first-order valence-corrected chi connectivity index (χ1v) is 5.50. The number of hydrogen-bond donors (Lipinski definition) is 1. The van der Waals surface area contributed by atoms with Crippen molar-refractivity contribution in [2.45, 2.75) is 38.2 Å². The van der Waals surface area contributed by atoms with Crippen LogP contribution in [0.25, 0.3) is 0 Å². The van der Waals surface area contributed by atoms with Crippen LogP contribution in [0, 0.1) is 5.92 Å². The second-order valence-corrected chi connectivity index (χ2v) is 3.86. The zero-order valence-electron chi connectivity index (χ0n) is 10.2. The number of rotatable bonds is 7. The van der Waals surface area contributed by atoms with E-state index in [-0.39, 0.29) is 26.0 Å². The molecule has 0 bridgehead atoms. The minimum Gasteiger partial charge on any atom is -0.385 e. The molecule has 0 fully saturated rings. The number of hydrogen-bond acceptors (Lipinski definition) is 2. The Labute approximate surface area is 102 Å². The summed E-state index contributed by atoms with van der Waals surface area (Å²) in [6.07, 6.45) is -10.7. The maximum Gasteiger partial charge on any atom is 0.401 e. The maximum atomic E-state index is 12.5. The van der Waals surface area contributed by atoms with Gasteiger partial charge in [-0.25, -0.2) is 0 Å². The van der Waals surface area contributed by atoms with Crippen LogP contribution in [0.2, 0.25) is 0 Å². The molecule has 18 heavy (non-hydrogen) atoms. The highest BCUT2D eigenvalue weighted by molar-refractivity contribution is 4.86. The molecule has 0 aliphatic carbocycles. The van der Waals surface area contributed by atoms with Gasteiger partial charge in [0.1, 0.15) is 0 Å². The molecule has 0 heterocycles. The summed E-state index contributed by atoms with van der Waals surface area (Å²) in [4.78, 5) is 0. The summed E-state index contributed by atoms with van der Waals surface area (Å²) >= 11 is 0. The first-order valence-electron chi connectivity index (χ1n) is 5.50. The Kier molecular flexibility index (Phi) is 6.98. The van der Waals surface area contributed by atoms with Crippen molar-refractivity contribution in [1.29, 1.82) is 0 Å². The van der Waals surface area contributed by atoms with Crippen LogP contribution in [0.4, 0.5) is 26.3 Å². The van der Waals surface area contributed by atoms with E-state index in [0.717, 1.165) is 0 Å². The summed E-state index contributed by atoms with van der Waals surface area (Å²) in [5.41, 5.74) is 0. The van der Waals surface area contributed by atoms with Crippen molar-refractivity contribution >= 4 is 0 Å². The molecule has 2 nitrogen and oxygen atoms in total. The smallest absolute Gasteiger partial charge is 0.385 e. The first kappa shape index (κ1) is 17.5. The molecule has 1 atom stereocenters. The standard InChI is InChI=1S/C10H17F6NO/c1-3-17-7(5-4-6-18-2)8(9(11,12)13)10(14,15)16/h7-8,17H,3-6H2,1-2H3. The SMILES string of the molecule is CCNC(CCCOC)C(C(F)(F)F)C(F)(F)F. The van der Waals surface area contributed by atoms with Crippen LogP contribution in [-0.2, 0) is 4.74 Å². The molecule has 0 spiro atoms. The van der Waals surface area contributed by atoms with Gasteiger partial charge in [-0.2, -0.15) is 26.3 Å². The number of ether oxygens (including phenoxy) is 1. The van der Waals surface area contributed by atoms with Gasteiger partial charge in [-0.05, 0) is 19.4 Å². The van der Waals surface area contributed by atoms with Gasteiger partial charge in [-0.1, -0.05) is 6.92 Å². The predicted molar refractivity (Wildman–Crippen MR) is 54.2 cm³/mol. The molecule has 0 radical (unpaired) electrons. The topological polar surface area (TPSA) is 21.3 Å². The number of halogens is 6. The Morgan fingerprint density at radius 3 is 1.89 bits per heavy atom. The molecule has 1 unspecified atom stereocenters. The number of alkyl halides is 6. The van der Waals surface area contributed by atoms with Crippen molar-refractivity contribution in [2.24, 2.45) is 5.92 Å². The molecule has 0 amide bonds. The normalized spacial score (nSPS) is 15.2. The molecule has 0 saturated carbocycles. The molecule has 0 aromatic rings. The van der Waals surface area contributed by atoms with E-state index in [0.29, 0.717) is 0 Å². The van der Waals surface area contributed by atoms with E-state index in [1.807, 2.05) is 0 Å². The lowest BCUT2D eigenvalue weighted by atomic mass is 9.94. The summed E-state index contributed by atoms with van der Waals surface area (Å²) in [6.45, 7) is 1.64. The molecular weight excluding hydrogens is 264 g/mol. The van der Waals surface area contributed by atoms with Crippen molar-refractivity contribution in [3.63, 3.8) is 0 Å². The van der Waals surface area contributed by atoms with E-state index in [4.69, 9.17) is 0 Å².